The van der Waals surface area contributed by atoms with Gasteiger partial charge in [-0.2, -0.15) is 0 Å². The third-order valence-corrected chi connectivity index (χ3v) is 4.78. The lowest BCUT2D eigenvalue weighted by atomic mass is 10.1. The Morgan fingerprint density at radius 2 is 2.00 bits per heavy atom. The maximum absolute atomic E-state index is 11.5. The lowest BCUT2D eigenvalue weighted by molar-refractivity contribution is -0.384. The minimum Gasteiger partial charge on any atom is -0.363 e. The quantitative estimate of drug-likeness (QED) is 0.631. The van der Waals surface area contributed by atoms with Gasteiger partial charge in [-0.15, -0.1) is 0 Å². The molecule has 1 aromatic rings. The fourth-order valence-corrected chi connectivity index (χ4v) is 3.40. The smallest absolute Gasteiger partial charge is 0.293 e. The van der Waals surface area contributed by atoms with Crippen LogP contribution in [0.5, 0.6) is 0 Å². The molecule has 2 atom stereocenters. The number of sulfone groups is 1. The third kappa shape index (κ3) is 2.77. The van der Waals surface area contributed by atoms with Crippen LogP contribution in [0.4, 0.5) is 11.4 Å². The van der Waals surface area contributed by atoms with Gasteiger partial charge in [-0.05, 0) is 31.4 Å². The van der Waals surface area contributed by atoms with Gasteiger partial charge < -0.3 is 4.90 Å². The Balaban J connectivity index is 2.52. The van der Waals surface area contributed by atoms with E-state index in [-0.39, 0.29) is 16.6 Å². The predicted octanol–water partition coefficient (Wildman–Crippen LogP) is 2.23. The van der Waals surface area contributed by atoms with E-state index in [0.717, 1.165) is 25.3 Å². The van der Waals surface area contributed by atoms with E-state index in [2.05, 4.69) is 6.92 Å². The van der Waals surface area contributed by atoms with Crippen molar-refractivity contribution in [1.82, 2.24) is 0 Å². The maximum Gasteiger partial charge on any atom is 0.293 e. The number of nitrogens with zero attached hydrogens (tertiary/aromatic N) is 2. The van der Waals surface area contributed by atoms with E-state index in [1.165, 1.54) is 6.07 Å². The van der Waals surface area contributed by atoms with Crippen molar-refractivity contribution < 1.29 is 13.3 Å². The molecule has 0 aromatic heterocycles. The second-order valence-corrected chi connectivity index (χ2v) is 7.54. The molecule has 0 aliphatic carbocycles. The molecule has 0 radical (unpaired) electrons. The largest absolute Gasteiger partial charge is 0.363 e. The molecule has 1 aromatic carbocycles. The number of nitro benzene ring substituents is 1. The highest BCUT2D eigenvalue weighted by Gasteiger charge is 2.31. The normalized spacial score (nSPS) is 23.1. The molecule has 7 heteroatoms. The van der Waals surface area contributed by atoms with Crippen LogP contribution in [0.3, 0.4) is 0 Å². The number of benzene rings is 1. The first-order valence-corrected chi connectivity index (χ1v) is 8.34. The van der Waals surface area contributed by atoms with Gasteiger partial charge >= 0.3 is 0 Å². The standard InChI is InChI=1S/C13H18N2O4S/c1-9-6-10(2)14(8-9)12-5-4-11(20(3,18)19)7-13(12)15(16)17/h4-5,7,9-10H,6,8H2,1-3H3/t9-,10+/m1/s1. The second kappa shape index (κ2) is 5.05. The lowest BCUT2D eigenvalue weighted by Gasteiger charge is -2.23. The highest BCUT2D eigenvalue weighted by molar-refractivity contribution is 7.90. The van der Waals surface area contributed by atoms with Gasteiger partial charge in [-0.25, -0.2) is 8.42 Å². The molecule has 6 nitrogen and oxygen atoms in total. The number of hydrogen-bond donors (Lipinski definition) is 0. The van der Waals surface area contributed by atoms with Crippen LogP contribution < -0.4 is 4.90 Å². The molecule has 0 saturated carbocycles. The van der Waals surface area contributed by atoms with Gasteiger partial charge in [0.1, 0.15) is 5.69 Å². The van der Waals surface area contributed by atoms with Crippen LogP contribution in [0.25, 0.3) is 0 Å². The van der Waals surface area contributed by atoms with E-state index < -0.39 is 14.8 Å². The Labute approximate surface area is 118 Å². The molecule has 0 spiro atoms. The highest BCUT2D eigenvalue weighted by atomic mass is 32.2. The van der Waals surface area contributed by atoms with Gasteiger partial charge in [0, 0.05) is 24.9 Å². The Bertz CT molecular complexity index is 642. The summed E-state index contributed by atoms with van der Waals surface area (Å²) in [5.74, 6) is 0.471. The molecule has 0 N–H and O–H groups in total. The molecular formula is C13H18N2O4S. The summed E-state index contributed by atoms with van der Waals surface area (Å²) in [6.45, 7) is 4.88. The van der Waals surface area contributed by atoms with E-state index >= 15 is 0 Å². The summed E-state index contributed by atoms with van der Waals surface area (Å²) in [5, 5.41) is 11.2. The van der Waals surface area contributed by atoms with Crippen LogP contribution in [0.15, 0.2) is 23.1 Å². The van der Waals surface area contributed by atoms with Crippen molar-refractivity contribution in [2.75, 3.05) is 17.7 Å². The summed E-state index contributed by atoms with van der Waals surface area (Å²) in [7, 11) is -3.45. The fourth-order valence-electron chi connectivity index (χ4n) is 2.76. The zero-order valence-corrected chi connectivity index (χ0v) is 12.6. The van der Waals surface area contributed by atoms with Crippen molar-refractivity contribution in [1.29, 1.82) is 0 Å². The molecule has 110 valence electrons. The van der Waals surface area contributed by atoms with Crippen molar-refractivity contribution in [3.8, 4) is 0 Å². The van der Waals surface area contributed by atoms with E-state index in [1.807, 2.05) is 11.8 Å². The van der Waals surface area contributed by atoms with Gasteiger partial charge in [0.05, 0.1) is 9.82 Å². The molecule has 2 rings (SSSR count). The number of anilines is 1. The number of nitro groups is 1. The average molecular weight is 298 g/mol. The van der Waals surface area contributed by atoms with Crippen molar-refractivity contribution >= 4 is 21.2 Å². The van der Waals surface area contributed by atoms with E-state index in [0.29, 0.717) is 11.6 Å². The first-order valence-electron chi connectivity index (χ1n) is 6.45. The SMILES string of the molecule is C[C@@H]1C[C@H](C)N(c2ccc(S(C)(=O)=O)cc2[N+](=O)[O-])C1. The summed E-state index contributed by atoms with van der Waals surface area (Å²) in [6, 6.07) is 4.35. The molecule has 1 fully saturated rings. The molecule has 0 amide bonds. The summed E-state index contributed by atoms with van der Waals surface area (Å²) in [6.07, 6.45) is 2.03. The Morgan fingerprint density at radius 1 is 1.35 bits per heavy atom. The van der Waals surface area contributed by atoms with Crippen LogP contribution in [0, 0.1) is 16.0 Å². The fraction of sp³-hybridized carbons (Fsp3) is 0.538. The average Bonchev–Trinajstić information content (AvgIpc) is 2.66. The Morgan fingerprint density at radius 3 is 2.45 bits per heavy atom. The Hall–Kier alpha value is -1.63. The van der Waals surface area contributed by atoms with Crippen LogP contribution in [-0.4, -0.2) is 32.2 Å². The highest BCUT2D eigenvalue weighted by Crippen LogP contribution is 2.36. The van der Waals surface area contributed by atoms with Crippen LogP contribution in [-0.2, 0) is 9.84 Å². The van der Waals surface area contributed by atoms with Crippen molar-refractivity contribution in [2.24, 2.45) is 5.92 Å². The minimum absolute atomic E-state index is 0.0205. The molecule has 1 aliphatic rings. The zero-order chi connectivity index (χ0) is 15.1. The monoisotopic (exact) mass is 298 g/mol. The molecule has 20 heavy (non-hydrogen) atoms. The van der Waals surface area contributed by atoms with Crippen LogP contribution >= 0.6 is 0 Å². The molecule has 0 unspecified atom stereocenters. The van der Waals surface area contributed by atoms with Crippen LogP contribution in [0.1, 0.15) is 20.3 Å². The topological polar surface area (TPSA) is 80.5 Å². The minimum atomic E-state index is -3.45. The maximum atomic E-state index is 11.5. The van der Waals surface area contributed by atoms with Gasteiger partial charge in [0.2, 0.25) is 0 Å². The van der Waals surface area contributed by atoms with Crippen molar-refractivity contribution in [2.45, 2.75) is 31.2 Å². The first kappa shape index (κ1) is 14.8. The second-order valence-electron chi connectivity index (χ2n) is 5.52. The Kier molecular flexibility index (Phi) is 3.73. The summed E-state index contributed by atoms with van der Waals surface area (Å²) < 4.78 is 23.0. The van der Waals surface area contributed by atoms with Gasteiger partial charge in [-0.3, -0.25) is 10.1 Å². The van der Waals surface area contributed by atoms with Crippen molar-refractivity contribution in [3.05, 3.63) is 28.3 Å². The van der Waals surface area contributed by atoms with E-state index in [4.69, 9.17) is 0 Å². The van der Waals surface area contributed by atoms with Crippen molar-refractivity contribution in [3.63, 3.8) is 0 Å². The van der Waals surface area contributed by atoms with Gasteiger partial charge in [-0.1, -0.05) is 6.92 Å². The summed E-state index contributed by atoms with van der Waals surface area (Å²) >= 11 is 0. The summed E-state index contributed by atoms with van der Waals surface area (Å²) in [4.78, 5) is 12.7. The molecule has 0 bridgehead atoms. The molecule has 1 heterocycles. The number of rotatable bonds is 3. The number of hydrogen-bond acceptors (Lipinski definition) is 5. The first-order chi connectivity index (χ1) is 9.20. The van der Waals surface area contributed by atoms with E-state index in [9.17, 15) is 18.5 Å². The molecular weight excluding hydrogens is 280 g/mol. The van der Waals surface area contributed by atoms with E-state index in [1.54, 1.807) is 6.07 Å². The molecule has 1 saturated heterocycles. The lowest BCUT2D eigenvalue weighted by Crippen LogP contribution is -2.27. The molecule has 1 aliphatic heterocycles. The third-order valence-electron chi connectivity index (χ3n) is 3.67. The zero-order valence-electron chi connectivity index (χ0n) is 11.7. The predicted molar refractivity (Wildman–Crippen MR) is 76.8 cm³/mol. The van der Waals surface area contributed by atoms with Crippen LogP contribution in [0.2, 0.25) is 0 Å². The summed E-state index contributed by atoms with van der Waals surface area (Å²) in [5.41, 5.74) is 0.355. The van der Waals surface area contributed by atoms with Gasteiger partial charge in [0.15, 0.2) is 9.84 Å². The van der Waals surface area contributed by atoms with Gasteiger partial charge in [0.25, 0.3) is 5.69 Å².